The second-order valence-corrected chi connectivity index (χ2v) is 6.29. The number of carbonyl (C=O) groups excluding carboxylic acids is 1. The highest BCUT2D eigenvalue weighted by molar-refractivity contribution is 7.98. The molecule has 2 rings (SSSR count). The number of thioether (sulfide) groups is 1. The Morgan fingerprint density at radius 3 is 2.62 bits per heavy atom. The molecule has 0 atom stereocenters. The van der Waals surface area contributed by atoms with Crippen molar-refractivity contribution in [1.82, 2.24) is 14.9 Å². The molecule has 2 N–H and O–H groups in total. The summed E-state index contributed by atoms with van der Waals surface area (Å²) < 4.78 is 39.3. The van der Waals surface area contributed by atoms with Crippen LogP contribution >= 0.6 is 11.8 Å². The van der Waals surface area contributed by atoms with E-state index in [9.17, 15) is 23.1 Å². The normalized spacial score (nSPS) is 11.4. The molecule has 0 saturated heterocycles. The van der Waals surface area contributed by atoms with E-state index in [1.54, 1.807) is 10.6 Å². The maximum atomic E-state index is 12.6. The van der Waals surface area contributed by atoms with Crippen molar-refractivity contribution >= 4 is 17.7 Å². The minimum Gasteiger partial charge on any atom is -0.390 e. The molecule has 5 nitrogen and oxygen atoms in total. The first-order valence-electron chi connectivity index (χ1n) is 7.67. The maximum absolute atomic E-state index is 12.6. The number of aromatic nitrogens is 2. The van der Waals surface area contributed by atoms with Gasteiger partial charge < -0.3 is 15.0 Å². The predicted octanol–water partition coefficient (Wildman–Crippen LogP) is 2.99. The number of halogens is 3. The Morgan fingerprint density at radius 1 is 1.35 bits per heavy atom. The number of aliphatic hydroxyl groups excluding tert-OH is 1. The van der Waals surface area contributed by atoms with Crippen LogP contribution < -0.4 is 5.32 Å². The number of hydrogen-bond donors (Lipinski definition) is 2. The number of carbonyl (C=O) groups is 1. The fourth-order valence-corrected chi connectivity index (χ4v) is 3.08. The van der Waals surface area contributed by atoms with Crippen molar-refractivity contribution in [2.75, 3.05) is 6.54 Å². The molecule has 26 heavy (non-hydrogen) atoms. The second-order valence-electron chi connectivity index (χ2n) is 5.35. The fraction of sp³-hybridized carbons (Fsp3) is 0.294. The van der Waals surface area contributed by atoms with Gasteiger partial charge in [-0.05, 0) is 17.7 Å². The first kappa shape index (κ1) is 20.1. The van der Waals surface area contributed by atoms with Crippen LogP contribution in [0.2, 0.25) is 0 Å². The summed E-state index contributed by atoms with van der Waals surface area (Å²) >= 11 is 1.27. The SMILES string of the molecule is C=CCNC(=O)Cn1c(CO)cnc1SCc1ccc(C(F)(F)F)cc1. The molecular weight excluding hydrogens is 367 g/mol. The summed E-state index contributed by atoms with van der Waals surface area (Å²) in [5.74, 6) is 0.128. The minimum atomic E-state index is -4.36. The van der Waals surface area contributed by atoms with E-state index >= 15 is 0 Å². The minimum absolute atomic E-state index is 0.0148. The molecule has 1 amide bonds. The fourth-order valence-electron chi connectivity index (χ4n) is 2.13. The standard InChI is InChI=1S/C17H18F3N3O2S/c1-2-7-21-15(25)9-23-14(10-24)8-22-16(23)26-11-12-3-5-13(6-4-12)17(18,19)20/h2-6,8,24H,1,7,9-11H2,(H,21,25). The van der Waals surface area contributed by atoms with Gasteiger partial charge in [0.05, 0.1) is 24.1 Å². The molecule has 9 heteroatoms. The molecule has 0 aliphatic carbocycles. The number of amides is 1. The van der Waals surface area contributed by atoms with Gasteiger partial charge in [0.1, 0.15) is 6.54 Å². The van der Waals surface area contributed by atoms with Crippen LogP contribution in [-0.4, -0.2) is 27.1 Å². The molecule has 0 spiro atoms. The quantitative estimate of drug-likeness (QED) is 0.542. The van der Waals surface area contributed by atoms with E-state index in [4.69, 9.17) is 0 Å². The zero-order valence-electron chi connectivity index (χ0n) is 13.8. The highest BCUT2D eigenvalue weighted by Gasteiger charge is 2.29. The number of alkyl halides is 3. The molecule has 0 aliphatic heterocycles. The van der Waals surface area contributed by atoms with E-state index in [-0.39, 0.29) is 19.1 Å². The lowest BCUT2D eigenvalue weighted by Crippen LogP contribution is -2.28. The van der Waals surface area contributed by atoms with Crippen LogP contribution in [-0.2, 0) is 29.9 Å². The third-order valence-electron chi connectivity index (χ3n) is 3.46. The van der Waals surface area contributed by atoms with Gasteiger partial charge in [-0.25, -0.2) is 4.98 Å². The Balaban J connectivity index is 2.06. The number of nitrogens with zero attached hydrogens (tertiary/aromatic N) is 2. The zero-order chi connectivity index (χ0) is 19.2. The number of imidazole rings is 1. The van der Waals surface area contributed by atoms with Crippen LogP contribution in [0.5, 0.6) is 0 Å². The van der Waals surface area contributed by atoms with Gasteiger partial charge in [-0.3, -0.25) is 4.79 Å². The Labute approximate surface area is 152 Å². The Morgan fingerprint density at radius 2 is 2.04 bits per heavy atom. The predicted molar refractivity (Wildman–Crippen MR) is 92.4 cm³/mol. The lowest BCUT2D eigenvalue weighted by atomic mass is 10.1. The van der Waals surface area contributed by atoms with Gasteiger partial charge in [-0.1, -0.05) is 30.0 Å². The van der Waals surface area contributed by atoms with Crippen molar-refractivity contribution in [3.05, 3.63) is 59.9 Å². The van der Waals surface area contributed by atoms with Crippen LogP contribution in [0, 0.1) is 0 Å². The number of aliphatic hydroxyl groups is 1. The summed E-state index contributed by atoms with van der Waals surface area (Å²) in [6.45, 7) is 3.56. The van der Waals surface area contributed by atoms with E-state index in [0.29, 0.717) is 28.7 Å². The number of nitrogens with one attached hydrogen (secondary N) is 1. The van der Waals surface area contributed by atoms with Gasteiger partial charge >= 0.3 is 6.18 Å². The summed E-state index contributed by atoms with van der Waals surface area (Å²) in [6.07, 6.45) is -1.34. The van der Waals surface area contributed by atoms with Gasteiger partial charge in [-0.15, -0.1) is 6.58 Å². The number of hydrogen-bond acceptors (Lipinski definition) is 4. The second kappa shape index (κ2) is 8.91. The lowest BCUT2D eigenvalue weighted by Gasteiger charge is -2.11. The largest absolute Gasteiger partial charge is 0.416 e. The summed E-state index contributed by atoms with van der Waals surface area (Å²) in [5, 5.41) is 12.5. The Hall–Kier alpha value is -2.26. The molecule has 0 unspecified atom stereocenters. The van der Waals surface area contributed by atoms with Gasteiger partial charge in [0.25, 0.3) is 0 Å². The van der Waals surface area contributed by atoms with E-state index in [1.807, 2.05) is 0 Å². The highest BCUT2D eigenvalue weighted by atomic mass is 32.2. The molecule has 1 aromatic heterocycles. The van der Waals surface area contributed by atoms with Crippen molar-refractivity contribution in [1.29, 1.82) is 0 Å². The van der Waals surface area contributed by atoms with Crippen LogP contribution in [0.25, 0.3) is 0 Å². The van der Waals surface area contributed by atoms with Crippen LogP contribution in [0.15, 0.2) is 48.3 Å². The average molecular weight is 385 g/mol. The van der Waals surface area contributed by atoms with E-state index < -0.39 is 11.7 Å². The molecule has 2 aromatic rings. The van der Waals surface area contributed by atoms with Gasteiger partial charge in [0, 0.05) is 12.3 Å². The Kier molecular flexibility index (Phi) is 6.87. The molecule has 0 radical (unpaired) electrons. The smallest absolute Gasteiger partial charge is 0.390 e. The first-order valence-corrected chi connectivity index (χ1v) is 8.65. The number of rotatable bonds is 8. The van der Waals surface area contributed by atoms with Crippen molar-refractivity contribution < 1.29 is 23.1 Å². The summed E-state index contributed by atoms with van der Waals surface area (Å²) in [6, 6.07) is 4.88. The maximum Gasteiger partial charge on any atom is 0.416 e. The van der Waals surface area contributed by atoms with Crippen LogP contribution in [0.4, 0.5) is 13.2 Å². The molecule has 0 saturated carbocycles. The molecule has 0 aliphatic rings. The molecule has 1 aromatic carbocycles. The average Bonchev–Trinajstić information content (AvgIpc) is 2.99. The highest BCUT2D eigenvalue weighted by Crippen LogP contribution is 2.30. The van der Waals surface area contributed by atoms with E-state index in [2.05, 4.69) is 16.9 Å². The molecule has 0 bridgehead atoms. The molecule has 140 valence electrons. The Bertz CT molecular complexity index is 758. The van der Waals surface area contributed by atoms with Crippen molar-refractivity contribution in [2.45, 2.75) is 30.2 Å². The van der Waals surface area contributed by atoms with Gasteiger partial charge in [-0.2, -0.15) is 13.2 Å². The summed E-state index contributed by atoms with van der Waals surface area (Å²) in [4.78, 5) is 16.1. The third-order valence-corrected chi connectivity index (χ3v) is 4.52. The van der Waals surface area contributed by atoms with Gasteiger partial charge in [0.2, 0.25) is 5.91 Å². The summed E-state index contributed by atoms with van der Waals surface area (Å²) in [7, 11) is 0. The zero-order valence-corrected chi connectivity index (χ0v) is 14.6. The van der Waals surface area contributed by atoms with Crippen LogP contribution in [0.3, 0.4) is 0 Å². The molecule has 1 heterocycles. The van der Waals surface area contributed by atoms with Crippen molar-refractivity contribution in [3.8, 4) is 0 Å². The first-order chi connectivity index (χ1) is 12.3. The monoisotopic (exact) mass is 385 g/mol. The van der Waals surface area contributed by atoms with E-state index in [1.165, 1.54) is 30.1 Å². The number of benzene rings is 1. The van der Waals surface area contributed by atoms with Gasteiger partial charge in [0.15, 0.2) is 5.16 Å². The topological polar surface area (TPSA) is 67.2 Å². The van der Waals surface area contributed by atoms with E-state index in [0.717, 1.165) is 12.1 Å². The third kappa shape index (κ3) is 5.37. The molecular formula is C17H18F3N3O2S. The lowest BCUT2D eigenvalue weighted by molar-refractivity contribution is -0.137. The van der Waals surface area contributed by atoms with Crippen LogP contribution in [0.1, 0.15) is 16.8 Å². The summed E-state index contributed by atoms with van der Waals surface area (Å²) in [5.41, 5.74) is 0.474. The molecule has 0 fully saturated rings. The van der Waals surface area contributed by atoms with Crippen molar-refractivity contribution in [3.63, 3.8) is 0 Å². The van der Waals surface area contributed by atoms with Crippen molar-refractivity contribution in [2.24, 2.45) is 0 Å².